The fraction of sp³-hybridized carbons (Fsp3) is 0.333. The van der Waals surface area contributed by atoms with E-state index in [9.17, 15) is 9.59 Å². The van der Waals surface area contributed by atoms with Crippen molar-refractivity contribution in [2.24, 2.45) is 18.0 Å². The van der Waals surface area contributed by atoms with Gasteiger partial charge < -0.3 is 10.1 Å². The second-order valence-corrected chi connectivity index (χ2v) is 5.96. The van der Waals surface area contributed by atoms with Crippen LogP contribution in [0.3, 0.4) is 0 Å². The number of carbonyl (C=O) groups excluding carboxylic acids is 2. The van der Waals surface area contributed by atoms with Gasteiger partial charge in [0.1, 0.15) is 5.56 Å². The summed E-state index contributed by atoms with van der Waals surface area (Å²) in [5.74, 6) is -0.298. The lowest BCUT2D eigenvalue weighted by Gasteiger charge is -2.27. The van der Waals surface area contributed by atoms with Crippen LogP contribution in [0.4, 0.5) is 0 Å². The second kappa shape index (κ2) is 6.88. The normalized spacial score (nSPS) is 20.7. The van der Waals surface area contributed by atoms with Crippen LogP contribution in [0, 0.1) is 5.92 Å². The third-order valence-electron chi connectivity index (χ3n) is 4.07. The van der Waals surface area contributed by atoms with Crippen molar-refractivity contribution in [3.8, 4) is 5.88 Å². The third kappa shape index (κ3) is 3.45. The van der Waals surface area contributed by atoms with Gasteiger partial charge in [0.2, 0.25) is 11.8 Å². The van der Waals surface area contributed by atoms with E-state index >= 15 is 0 Å². The summed E-state index contributed by atoms with van der Waals surface area (Å²) in [6.07, 6.45) is 10.6. The lowest BCUT2D eigenvalue weighted by atomic mass is 9.85. The van der Waals surface area contributed by atoms with Gasteiger partial charge in [-0.25, -0.2) is 4.99 Å². The molecule has 0 spiro atoms. The average molecular weight is 340 g/mol. The first-order valence-corrected chi connectivity index (χ1v) is 8.13. The van der Waals surface area contributed by atoms with Crippen LogP contribution in [0.1, 0.15) is 30.1 Å². The van der Waals surface area contributed by atoms with Crippen molar-refractivity contribution in [1.82, 2.24) is 15.1 Å². The zero-order valence-electron chi connectivity index (χ0n) is 14.4. The van der Waals surface area contributed by atoms with Crippen molar-refractivity contribution < 1.29 is 14.3 Å². The molecule has 0 radical (unpaired) electrons. The number of aromatic nitrogens is 2. The molecule has 0 saturated heterocycles. The summed E-state index contributed by atoms with van der Waals surface area (Å²) < 4.78 is 6.60. The maximum atomic E-state index is 12.4. The zero-order chi connectivity index (χ0) is 18.0. The number of methoxy groups -OCH3 is 1. The first kappa shape index (κ1) is 16.9. The molecule has 0 saturated carbocycles. The van der Waals surface area contributed by atoms with E-state index in [0.717, 1.165) is 24.1 Å². The Hall–Kier alpha value is -2.96. The number of allylic oxidation sites excluding steroid dienone is 3. The smallest absolute Gasteiger partial charge is 0.284 e. The molecular formula is C18H20N4O3. The van der Waals surface area contributed by atoms with Gasteiger partial charge in [-0.3, -0.25) is 14.3 Å². The SMILES string of the molecule is CCCC1=CC(=O)NC2=CC(=NC(=O)c3cn(C)nc3OC)C=CC12. The highest BCUT2D eigenvalue weighted by Crippen LogP contribution is 2.30. The van der Waals surface area contributed by atoms with E-state index in [4.69, 9.17) is 4.74 Å². The van der Waals surface area contributed by atoms with E-state index in [2.05, 4.69) is 22.3 Å². The standard InChI is InChI=1S/C18H20N4O3/c1-4-5-11-8-16(23)20-15-9-12(6-7-13(11)15)19-17(24)14-10-22(2)21-18(14)25-3/h6-10,13H,4-5H2,1-3H3,(H,20,23). The number of fused-ring (bicyclic) bond motifs is 1. The zero-order valence-corrected chi connectivity index (χ0v) is 14.4. The molecule has 1 atom stereocenters. The quantitative estimate of drug-likeness (QED) is 0.907. The van der Waals surface area contributed by atoms with Gasteiger partial charge in [-0.15, -0.1) is 5.10 Å². The Balaban J connectivity index is 1.87. The van der Waals surface area contributed by atoms with E-state index < -0.39 is 5.91 Å². The van der Waals surface area contributed by atoms with Gasteiger partial charge in [-0.1, -0.05) is 25.0 Å². The minimum Gasteiger partial charge on any atom is -0.479 e. The Morgan fingerprint density at radius 1 is 1.44 bits per heavy atom. The van der Waals surface area contributed by atoms with Crippen LogP contribution in [0.15, 0.2) is 46.8 Å². The van der Waals surface area contributed by atoms with Crippen LogP contribution in [-0.2, 0) is 11.8 Å². The number of ether oxygens (including phenoxy) is 1. The molecule has 130 valence electrons. The molecule has 2 aliphatic rings. The highest BCUT2D eigenvalue weighted by atomic mass is 16.5. The summed E-state index contributed by atoms with van der Waals surface area (Å²) in [6.45, 7) is 2.08. The Kier molecular flexibility index (Phi) is 4.65. The summed E-state index contributed by atoms with van der Waals surface area (Å²) in [4.78, 5) is 28.4. The number of nitrogens with zero attached hydrogens (tertiary/aromatic N) is 3. The summed E-state index contributed by atoms with van der Waals surface area (Å²) in [6, 6.07) is 0. The van der Waals surface area contributed by atoms with Crippen LogP contribution in [0.2, 0.25) is 0 Å². The summed E-state index contributed by atoms with van der Waals surface area (Å²) in [5, 5.41) is 6.89. The molecule has 1 N–H and O–H groups in total. The van der Waals surface area contributed by atoms with Gasteiger partial charge >= 0.3 is 0 Å². The molecule has 0 fully saturated rings. The summed E-state index contributed by atoms with van der Waals surface area (Å²) in [5.41, 5.74) is 2.61. The van der Waals surface area contributed by atoms with Crippen molar-refractivity contribution in [2.45, 2.75) is 19.8 Å². The second-order valence-electron chi connectivity index (χ2n) is 5.96. The number of hydrogen-bond donors (Lipinski definition) is 1. The fourth-order valence-corrected chi connectivity index (χ4v) is 3.00. The van der Waals surface area contributed by atoms with Gasteiger partial charge in [0, 0.05) is 30.9 Å². The highest BCUT2D eigenvalue weighted by Gasteiger charge is 2.26. The minimum atomic E-state index is -0.439. The molecule has 25 heavy (non-hydrogen) atoms. The number of aryl methyl sites for hydroxylation is 1. The minimum absolute atomic E-state index is 0.0413. The average Bonchev–Trinajstić information content (AvgIpc) is 2.96. The number of amides is 2. The van der Waals surface area contributed by atoms with Crippen molar-refractivity contribution in [1.29, 1.82) is 0 Å². The topological polar surface area (TPSA) is 85.6 Å². The number of nitrogens with one attached hydrogen (secondary N) is 1. The van der Waals surface area contributed by atoms with E-state index in [0.29, 0.717) is 11.3 Å². The largest absolute Gasteiger partial charge is 0.479 e. The summed E-state index contributed by atoms with van der Waals surface area (Å²) >= 11 is 0. The number of carbonyl (C=O) groups is 2. The molecule has 3 rings (SSSR count). The van der Waals surface area contributed by atoms with Crippen molar-refractivity contribution in [3.63, 3.8) is 0 Å². The van der Waals surface area contributed by atoms with E-state index in [1.54, 1.807) is 31.5 Å². The maximum absolute atomic E-state index is 12.4. The molecular weight excluding hydrogens is 320 g/mol. The van der Waals surface area contributed by atoms with Gasteiger partial charge in [0.05, 0.1) is 12.8 Å². The van der Waals surface area contributed by atoms with Gasteiger partial charge in [0.25, 0.3) is 5.91 Å². The van der Waals surface area contributed by atoms with Crippen LogP contribution in [0.25, 0.3) is 0 Å². The first-order valence-electron chi connectivity index (χ1n) is 8.13. The monoisotopic (exact) mass is 340 g/mol. The number of aliphatic imine (C=N–C) groups is 1. The van der Waals surface area contributed by atoms with Crippen LogP contribution >= 0.6 is 0 Å². The van der Waals surface area contributed by atoms with Crippen molar-refractivity contribution in [3.05, 3.63) is 47.3 Å². The molecule has 1 aromatic rings. The highest BCUT2D eigenvalue weighted by molar-refractivity contribution is 6.14. The molecule has 2 heterocycles. The van der Waals surface area contributed by atoms with Crippen LogP contribution in [-0.4, -0.2) is 34.4 Å². The van der Waals surface area contributed by atoms with Gasteiger partial charge in [-0.05, 0) is 18.6 Å². The molecule has 1 unspecified atom stereocenters. The van der Waals surface area contributed by atoms with E-state index in [1.165, 1.54) is 11.8 Å². The van der Waals surface area contributed by atoms with Crippen LogP contribution < -0.4 is 10.1 Å². The fourth-order valence-electron chi connectivity index (χ4n) is 3.00. The van der Waals surface area contributed by atoms with Crippen molar-refractivity contribution >= 4 is 17.5 Å². The van der Waals surface area contributed by atoms with Crippen molar-refractivity contribution in [2.75, 3.05) is 7.11 Å². The van der Waals surface area contributed by atoms with Crippen LogP contribution in [0.5, 0.6) is 5.88 Å². The molecule has 2 amide bonds. The number of hydrogen-bond acceptors (Lipinski definition) is 4. The Morgan fingerprint density at radius 3 is 2.96 bits per heavy atom. The molecule has 0 aromatic carbocycles. The lowest BCUT2D eigenvalue weighted by Crippen LogP contribution is -2.33. The van der Waals surface area contributed by atoms with E-state index in [1.807, 2.05) is 6.08 Å². The molecule has 1 aliphatic carbocycles. The van der Waals surface area contributed by atoms with Gasteiger partial charge in [-0.2, -0.15) is 0 Å². The first-order chi connectivity index (χ1) is 12.0. The predicted octanol–water partition coefficient (Wildman–Crippen LogP) is 1.94. The van der Waals surface area contributed by atoms with Gasteiger partial charge in [0.15, 0.2) is 0 Å². The third-order valence-corrected chi connectivity index (χ3v) is 4.07. The molecule has 1 aliphatic heterocycles. The lowest BCUT2D eigenvalue weighted by molar-refractivity contribution is -0.116. The molecule has 7 nitrogen and oxygen atoms in total. The maximum Gasteiger partial charge on any atom is 0.284 e. The molecule has 7 heteroatoms. The Bertz CT molecular complexity index is 843. The summed E-state index contributed by atoms with van der Waals surface area (Å²) in [7, 11) is 3.16. The Labute approximate surface area is 145 Å². The molecule has 0 bridgehead atoms. The Morgan fingerprint density at radius 2 is 2.24 bits per heavy atom. The molecule has 1 aromatic heterocycles. The predicted molar refractivity (Wildman–Crippen MR) is 93.4 cm³/mol. The number of rotatable bonds is 4. The van der Waals surface area contributed by atoms with E-state index in [-0.39, 0.29) is 17.7 Å².